The maximum absolute atomic E-state index is 12.4. The summed E-state index contributed by atoms with van der Waals surface area (Å²) in [4.78, 5) is 16.6. The molecule has 1 aliphatic heterocycles. The lowest BCUT2D eigenvalue weighted by atomic mass is 10.1. The number of methoxy groups -OCH3 is 1. The zero-order valence-electron chi connectivity index (χ0n) is 17.7. The molecule has 0 amide bonds. The number of halogens is 3. The van der Waals surface area contributed by atoms with Gasteiger partial charge >= 0.3 is 5.97 Å². The normalized spacial score (nSPS) is 14.3. The van der Waals surface area contributed by atoms with Crippen LogP contribution in [0.3, 0.4) is 0 Å². The fourth-order valence-electron chi connectivity index (χ4n) is 3.20. The van der Waals surface area contributed by atoms with Crippen LogP contribution in [0.1, 0.15) is 22.3 Å². The van der Waals surface area contributed by atoms with Crippen LogP contribution < -0.4 is 9.47 Å². The summed E-state index contributed by atoms with van der Waals surface area (Å²) in [5, 5.41) is 1.07. The zero-order chi connectivity index (χ0) is 23.5. The van der Waals surface area contributed by atoms with E-state index in [9.17, 15) is 4.79 Å². The third-order valence-corrected chi connectivity index (χ3v) is 6.00. The molecule has 3 aromatic rings. The number of hydrogen-bond acceptors (Lipinski definition) is 5. The van der Waals surface area contributed by atoms with E-state index in [0.29, 0.717) is 44.3 Å². The van der Waals surface area contributed by atoms with Crippen molar-refractivity contribution in [3.05, 3.63) is 97.6 Å². The van der Waals surface area contributed by atoms with Crippen molar-refractivity contribution >= 4 is 52.7 Å². The van der Waals surface area contributed by atoms with Gasteiger partial charge in [-0.3, -0.25) is 0 Å². The molecule has 0 bridgehead atoms. The van der Waals surface area contributed by atoms with E-state index in [-0.39, 0.29) is 11.6 Å². The monoisotopic (exact) mass is 501 g/mol. The average Bonchev–Trinajstić information content (AvgIpc) is 3.15. The van der Waals surface area contributed by atoms with Crippen LogP contribution in [-0.4, -0.2) is 19.0 Å². The molecule has 1 heterocycles. The van der Waals surface area contributed by atoms with E-state index in [1.807, 2.05) is 31.2 Å². The maximum atomic E-state index is 12.4. The van der Waals surface area contributed by atoms with Gasteiger partial charge in [-0.25, -0.2) is 9.79 Å². The van der Waals surface area contributed by atoms with E-state index < -0.39 is 5.97 Å². The number of carbonyl (C=O) groups excluding carboxylic acids is 1. The van der Waals surface area contributed by atoms with Gasteiger partial charge in [0, 0.05) is 5.56 Å². The van der Waals surface area contributed by atoms with Crippen molar-refractivity contribution in [1.82, 2.24) is 0 Å². The molecule has 0 saturated carbocycles. The number of carbonyl (C=O) groups is 1. The summed E-state index contributed by atoms with van der Waals surface area (Å²) >= 11 is 18.5. The summed E-state index contributed by atoms with van der Waals surface area (Å²) < 4.78 is 16.7. The second-order valence-electron chi connectivity index (χ2n) is 7.21. The Kier molecular flexibility index (Phi) is 6.94. The molecule has 0 atom stereocenters. The highest BCUT2D eigenvalue weighted by Gasteiger charge is 2.25. The van der Waals surface area contributed by atoms with Gasteiger partial charge in [0.25, 0.3) is 0 Å². The summed E-state index contributed by atoms with van der Waals surface area (Å²) in [5.74, 6) is 0.397. The molecule has 168 valence electrons. The molecule has 3 aromatic carbocycles. The minimum absolute atomic E-state index is 0.114. The molecule has 4 rings (SSSR count). The second kappa shape index (κ2) is 9.87. The molecule has 0 unspecified atom stereocenters. The number of cyclic esters (lactones) is 1. The number of ether oxygens (including phenoxy) is 3. The standard InChI is InChI=1S/C25H18Cl3NO4/c1-14-5-3-4-6-17(14)13-32-23-20(28)9-15(11-22(23)31-2)10-21-25(30)33-24(29-21)16-7-8-18(26)19(27)12-16/h3-12H,13H2,1-2H3/b21-10-. The molecule has 33 heavy (non-hydrogen) atoms. The molecule has 0 aromatic heterocycles. The van der Waals surface area contributed by atoms with Gasteiger partial charge < -0.3 is 14.2 Å². The van der Waals surface area contributed by atoms with Crippen LogP contribution in [0.15, 0.2) is 65.3 Å². The van der Waals surface area contributed by atoms with Crippen molar-refractivity contribution in [1.29, 1.82) is 0 Å². The van der Waals surface area contributed by atoms with Gasteiger partial charge in [-0.05, 0) is 60.0 Å². The number of aliphatic imine (C=N–C) groups is 1. The van der Waals surface area contributed by atoms with Crippen molar-refractivity contribution in [2.45, 2.75) is 13.5 Å². The third-order valence-electron chi connectivity index (χ3n) is 4.98. The fourth-order valence-corrected chi connectivity index (χ4v) is 3.78. The topological polar surface area (TPSA) is 57.1 Å². The van der Waals surface area contributed by atoms with Crippen LogP contribution in [0.25, 0.3) is 6.08 Å². The van der Waals surface area contributed by atoms with Crippen molar-refractivity contribution in [2.24, 2.45) is 4.99 Å². The molecule has 1 aliphatic rings. The van der Waals surface area contributed by atoms with E-state index >= 15 is 0 Å². The number of esters is 1. The van der Waals surface area contributed by atoms with Crippen LogP contribution in [0, 0.1) is 6.92 Å². The van der Waals surface area contributed by atoms with Gasteiger partial charge in [-0.1, -0.05) is 59.1 Å². The van der Waals surface area contributed by atoms with Crippen molar-refractivity contribution < 1.29 is 19.0 Å². The van der Waals surface area contributed by atoms with E-state index in [4.69, 9.17) is 49.0 Å². The number of benzene rings is 3. The summed E-state index contributed by atoms with van der Waals surface area (Å²) in [6.07, 6.45) is 1.56. The molecule has 8 heteroatoms. The van der Waals surface area contributed by atoms with E-state index in [1.165, 1.54) is 7.11 Å². The average molecular weight is 503 g/mol. The predicted octanol–water partition coefficient (Wildman–Crippen LogP) is 6.89. The summed E-state index contributed by atoms with van der Waals surface area (Å²) in [6.45, 7) is 2.35. The first-order valence-corrected chi connectivity index (χ1v) is 11.0. The zero-order valence-corrected chi connectivity index (χ0v) is 20.0. The Hall–Kier alpha value is -2.99. The minimum atomic E-state index is -0.592. The third kappa shape index (κ3) is 5.17. The first-order valence-electron chi connectivity index (χ1n) is 9.88. The number of rotatable bonds is 6. The quantitative estimate of drug-likeness (QED) is 0.272. The first kappa shape index (κ1) is 23.2. The molecule has 5 nitrogen and oxygen atoms in total. The summed E-state index contributed by atoms with van der Waals surface area (Å²) in [6, 6.07) is 16.2. The highest BCUT2D eigenvalue weighted by atomic mass is 35.5. The van der Waals surface area contributed by atoms with Gasteiger partial charge in [0.15, 0.2) is 17.2 Å². The Bertz CT molecular complexity index is 1300. The largest absolute Gasteiger partial charge is 0.493 e. The molecule has 0 saturated heterocycles. The molecule has 0 N–H and O–H groups in total. The lowest BCUT2D eigenvalue weighted by Gasteiger charge is -2.14. The van der Waals surface area contributed by atoms with Crippen LogP contribution in [0.2, 0.25) is 15.1 Å². The van der Waals surface area contributed by atoms with Gasteiger partial charge in [-0.15, -0.1) is 0 Å². The Morgan fingerprint density at radius 1 is 1.00 bits per heavy atom. The van der Waals surface area contributed by atoms with Gasteiger partial charge in [0.2, 0.25) is 5.90 Å². The highest BCUT2D eigenvalue weighted by Crippen LogP contribution is 2.38. The molecule has 0 spiro atoms. The molecule has 0 fully saturated rings. The Labute approximate surface area is 206 Å². The minimum Gasteiger partial charge on any atom is -0.493 e. The smallest absolute Gasteiger partial charge is 0.363 e. The summed E-state index contributed by atoms with van der Waals surface area (Å²) in [7, 11) is 1.52. The van der Waals surface area contributed by atoms with E-state index in [0.717, 1.165) is 11.1 Å². The number of aryl methyl sites for hydroxylation is 1. The van der Waals surface area contributed by atoms with Gasteiger partial charge in [-0.2, -0.15) is 0 Å². The van der Waals surface area contributed by atoms with Crippen molar-refractivity contribution in [2.75, 3.05) is 7.11 Å². The Balaban J connectivity index is 1.60. The number of hydrogen-bond donors (Lipinski definition) is 0. The van der Waals surface area contributed by atoms with Crippen molar-refractivity contribution in [3.8, 4) is 11.5 Å². The first-order chi connectivity index (χ1) is 15.9. The van der Waals surface area contributed by atoms with Crippen LogP contribution >= 0.6 is 34.8 Å². The lowest BCUT2D eigenvalue weighted by molar-refractivity contribution is -0.129. The van der Waals surface area contributed by atoms with Crippen LogP contribution in [0.4, 0.5) is 0 Å². The van der Waals surface area contributed by atoms with E-state index in [2.05, 4.69) is 4.99 Å². The second-order valence-corrected chi connectivity index (χ2v) is 8.44. The Morgan fingerprint density at radius 2 is 1.79 bits per heavy atom. The predicted molar refractivity (Wildman–Crippen MR) is 131 cm³/mol. The van der Waals surface area contributed by atoms with Crippen LogP contribution in [-0.2, 0) is 16.1 Å². The fraction of sp³-hybridized carbons (Fsp3) is 0.120. The van der Waals surface area contributed by atoms with Gasteiger partial charge in [0.05, 0.1) is 22.2 Å². The lowest BCUT2D eigenvalue weighted by Crippen LogP contribution is -2.05. The van der Waals surface area contributed by atoms with E-state index in [1.54, 1.807) is 36.4 Å². The van der Waals surface area contributed by atoms with Crippen LogP contribution in [0.5, 0.6) is 11.5 Å². The SMILES string of the molecule is COc1cc(/C=C2\N=C(c3ccc(Cl)c(Cl)c3)OC2=O)cc(Cl)c1OCc1ccccc1C. The Morgan fingerprint density at radius 3 is 2.52 bits per heavy atom. The molecular weight excluding hydrogens is 485 g/mol. The number of nitrogens with zero attached hydrogens (tertiary/aromatic N) is 1. The maximum Gasteiger partial charge on any atom is 0.363 e. The molecular formula is C25H18Cl3NO4. The highest BCUT2D eigenvalue weighted by molar-refractivity contribution is 6.42. The molecule has 0 aliphatic carbocycles. The molecule has 0 radical (unpaired) electrons. The van der Waals surface area contributed by atoms with Gasteiger partial charge in [0.1, 0.15) is 6.61 Å². The summed E-state index contributed by atoms with van der Waals surface area (Å²) in [5.41, 5.74) is 3.41. The van der Waals surface area contributed by atoms with Crippen molar-refractivity contribution in [3.63, 3.8) is 0 Å².